The zero-order valence-electron chi connectivity index (χ0n) is 7.69. The minimum absolute atomic E-state index is 0.105. The molecule has 1 rings (SSSR count). The van der Waals surface area contributed by atoms with E-state index in [2.05, 4.69) is 15.6 Å². The monoisotopic (exact) mass is 191 g/mol. The molecule has 4 heteroatoms. The zero-order valence-corrected chi connectivity index (χ0v) is 7.69. The number of esters is 1. The molecule has 0 aromatic carbocycles. The first kappa shape index (κ1) is 10.1. The first-order chi connectivity index (χ1) is 6.79. The molecule has 0 bridgehead atoms. The molecule has 0 aliphatic carbocycles. The number of ether oxygens (including phenoxy) is 2. The van der Waals surface area contributed by atoms with Gasteiger partial charge in [-0.3, -0.25) is 4.98 Å². The second kappa shape index (κ2) is 4.87. The molecule has 0 atom stereocenters. The number of aromatic nitrogens is 1. The van der Waals surface area contributed by atoms with Crippen LogP contribution in [0.15, 0.2) is 18.5 Å². The molecule has 72 valence electrons. The Bertz CT molecular complexity index is 368. The minimum Gasteiger partial charge on any atom is -0.480 e. The minimum atomic E-state index is -0.495. The van der Waals surface area contributed by atoms with Gasteiger partial charge in [-0.2, -0.15) is 0 Å². The topological polar surface area (TPSA) is 48.4 Å². The quantitative estimate of drug-likeness (QED) is 0.525. The van der Waals surface area contributed by atoms with Crippen LogP contribution in [0.5, 0.6) is 5.75 Å². The van der Waals surface area contributed by atoms with Crippen LogP contribution >= 0.6 is 0 Å². The molecule has 1 heterocycles. The van der Waals surface area contributed by atoms with Crippen LogP contribution < -0.4 is 4.74 Å². The SMILES string of the molecule is C#CCOc1ccncc1C(=O)OC. The van der Waals surface area contributed by atoms with Gasteiger partial charge in [-0.15, -0.1) is 6.42 Å². The number of rotatable bonds is 3. The Morgan fingerprint density at radius 3 is 3.14 bits per heavy atom. The summed E-state index contributed by atoms with van der Waals surface area (Å²) < 4.78 is 9.68. The average molecular weight is 191 g/mol. The second-order valence-electron chi connectivity index (χ2n) is 2.36. The summed E-state index contributed by atoms with van der Waals surface area (Å²) in [5, 5.41) is 0. The van der Waals surface area contributed by atoms with Gasteiger partial charge in [0.05, 0.1) is 7.11 Å². The van der Waals surface area contributed by atoms with Gasteiger partial charge in [-0.05, 0) is 6.07 Å². The Morgan fingerprint density at radius 2 is 2.50 bits per heavy atom. The predicted octanol–water partition coefficient (Wildman–Crippen LogP) is 0.880. The van der Waals surface area contributed by atoms with E-state index >= 15 is 0 Å². The number of methoxy groups -OCH3 is 1. The fraction of sp³-hybridized carbons (Fsp3) is 0.200. The average Bonchev–Trinajstić information content (AvgIpc) is 2.25. The Kier molecular flexibility index (Phi) is 3.50. The predicted molar refractivity (Wildman–Crippen MR) is 49.9 cm³/mol. The Morgan fingerprint density at radius 1 is 1.71 bits per heavy atom. The third-order valence-electron chi connectivity index (χ3n) is 1.50. The molecule has 0 amide bonds. The van der Waals surface area contributed by atoms with Crippen LogP contribution in [0, 0.1) is 12.3 Å². The van der Waals surface area contributed by atoms with E-state index in [1.165, 1.54) is 19.5 Å². The first-order valence-electron chi connectivity index (χ1n) is 3.88. The molecule has 0 saturated carbocycles. The lowest BCUT2D eigenvalue weighted by molar-refractivity contribution is 0.0596. The Labute approximate surface area is 81.9 Å². The summed E-state index contributed by atoms with van der Waals surface area (Å²) in [5.41, 5.74) is 0.269. The molecule has 0 saturated heterocycles. The Hall–Kier alpha value is -2.02. The molecule has 0 spiro atoms. The lowest BCUT2D eigenvalue weighted by atomic mass is 10.2. The van der Waals surface area contributed by atoms with Crippen molar-refractivity contribution in [3.63, 3.8) is 0 Å². The van der Waals surface area contributed by atoms with Gasteiger partial charge >= 0.3 is 5.97 Å². The summed E-state index contributed by atoms with van der Waals surface area (Å²) in [6.07, 6.45) is 7.91. The van der Waals surface area contributed by atoms with Gasteiger partial charge in [0.2, 0.25) is 0 Å². The van der Waals surface area contributed by atoms with Crippen molar-refractivity contribution < 1.29 is 14.3 Å². The molecule has 0 unspecified atom stereocenters. The van der Waals surface area contributed by atoms with E-state index in [4.69, 9.17) is 11.2 Å². The van der Waals surface area contributed by atoms with Gasteiger partial charge in [-0.25, -0.2) is 4.79 Å². The summed E-state index contributed by atoms with van der Waals surface area (Å²) >= 11 is 0. The molecule has 0 N–H and O–H groups in total. The molecule has 0 fully saturated rings. The van der Waals surface area contributed by atoms with Crippen LogP contribution in [-0.2, 0) is 4.74 Å². The van der Waals surface area contributed by atoms with Crippen LogP contribution in [0.3, 0.4) is 0 Å². The fourth-order valence-corrected chi connectivity index (χ4v) is 0.890. The summed E-state index contributed by atoms with van der Waals surface area (Å²) in [6.45, 7) is 0.105. The van der Waals surface area contributed by atoms with Gasteiger partial charge in [-0.1, -0.05) is 5.92 Å². The lowest BCUT2D eigenvalue weighted by Gasteiger charge is -2.06. The van der Waals surface area contributed by atoms with Crippen molar-refractivity contribution in [3.05, 3.63) is 24.0 Å². The van der Waals surface area contributed by atoms with Crippen molar-refractivity contribution in [2.75, 3.05) is 13.7 Å². The molecule has 14 heavy (non-hydrogen) atoms. The van der Waals surface area contributed by atoms with Crippen molar-refractivity contribution in [1.82, 2.24) is 4.98 Å². The zero-order chi connectivity index (χ0) is 10.4. The summed E-state index contributed by atoms with van der Waals surface area (Å²) in [7, 11) is 1.29. The number of carbonyl (C=O) groups excluding carboxylic acids is 1. The largest absolute Gasteiger partial charge is 0.480 e. The summed E-state index contributed by atoms with van der Waals surface area (Å²) in [5.74, 6) is 2.19. The third-order valence-corrected chi connectivity index (χ3v) is 1.50. The molecule has 1 aromatic rings. The molecule has 0 aliphatic heterocycles. The summed E-state index contributed by atoms with van der Waals surface area (Å²) in [4.78, 5) is 15.0. The number of nitrogens with zero attached hydrogens (tertiary/aromatic N) is 1. The van der Waals surface area contributed by atoms with Crippen LogP contribution in [0.1, 0.15) is 10.4 Å². The van der Waals surface area contributed by atoms with Gasteiger partial charge in [0.25, 0.3) is 0 Å². The smallest absolute Gasteiger partial charge is 0.343 e. The van der Waals surface area contributed by atoms with E-state index in [-0.39, 0.29) is 12.2 Å². The van der Waals surface area contributed by atoms with E-state index in [0.717, 1.165) is 0 Å². The molecular formula is C10H9NO3. The highest BCUT2D eigenvalue weighted by Crippen LogP contribution is 2.16. The molecular weight excluding hydrogens is 182 g/mol. The van der Waals surface area contributed by atoms with Crippen LogP contribution in [0.25, 0.3) is 0 Å². The highest BCUT2D eigenvalue weighted by atomic mass is 16.5. The maximum absolute atomic E-state index is 11.2. The lowest BCUT2D eigenvalue weighted by Crippen LogP contribution is -2.06. The number of hydrogen-bond acceptors (Lipinski definition) is 4. The Balaban J connectivity index is 2.92. The van der Waals surface area contributed by atoms with Crippen molar-refractivity contribution >= 4 is 5.97 Å². The van der Waals surface area contributed by atoms with Crippen LogP contribution in [-0.4, -0.2) is 24.7 Å². The van der Waals surface area contributed by atoms with Crippen LogP contribution in [0.2, 0.25) is 0 Å². The maximum Gasteiger partial charge on any atom is 0.343 e. The second-order valence-corrected chi connectivity index (χ2v) is 2.36. The fourth-order valence-electron chi connectivity index (χ4n) is 0.890. The van der Waals surface area contributed by atoms with Gasteiger partial charge < -0.3 is 9.47 Å². The van der Waals surface area contributed by atoms with Crippen molar-refractivity contribution in [3.8, 4) is 18.1 Å². The maximum atomic E-state index is 11.2. The number of terminal acetylenes is 1. The third kappa shape index (κ3) is 2.23. The normalized spacial score (nSPS) is 8.86. The molecule has 4 nitrogen and oxygen atoms in total. The highest BCUT2D eigenvalue weighted by molar-refractivity contribution is 5.91. The van der Waals surface area contributed by atoms with Gasteiger partial charge in [0.1, 0.15) is 17.9 Å². The molecule has 1 aromatic heterocycles. The van der Waals surface area contributed by atoms with Crippen molar-refractivity contribution in [1.29, 1.82) is 0 Å². The van der Waals surface area contributed by atoms with E-state index in [0.29, 0.717) is 5.75 Å². The van der Waals surface area contributed by atoms with E-state index in [1.807, 2.05) is 0 Å². The molecule has 0 radical (unpaired) electrons. The number of pyridine rings is 1. The van der Waals surface area contributed by atoms with Crippen molar-refractivity contribution in [2.24, 2.45) is 0 Å². The van der Waals surface area contributed by atoms with Gasteiger partial charge in [0.15, 0.2) is 0 Å². The standard InChI is InChI=1S/C10H9NO3/c1-3-6-14-9-4-5-11-7-8(9)10(12)13-2/h1,4-5,7H,6H2,2H3. The number of hydrogen-bond donors (Lipinski definition) is 0. The van der Waals surface area contributed by atoms with E-state index in [9.17, 15) is 4.79 Å². The first-order valence-corrected chi connectivity index (χ1v) is 3.88. The van der Waals surface area contributed by atoms with Crippen molar-refractivity contribution in [2.45, 2.75) is 0 Å². The summed E-state index contributed by atoms with van der Waals surface area (Å²) in [6, 6.07) is 1.56. The van der Waals surface area contributed by atoms with E-state index < -0.39 is 5.97 Å². The van der Waals surface area contributed by atoms with E-state index in [1.54, 1.807) is 6.07 Å². The number of carbonyl (C=O) groups is 1. The molecule has 0 aliphatic rings. The van der Waals surface area contributed by atoms with Crippen LogP contribution in [0.4, 0.5) is 0 Å². The highest BCUT2D eigenvalue weighted by Gasteiger charge is 2.12. The van der Waals surface area contributed by atoms with Gasteiger partial charge in [0, 0.05) is 12.4 Å².